The van der Waals surface area contributed by atoms with E-state index in [1.807, 2.05) is 19.1 Å². The summed E-state index contributed by atoms with van der Waals surface area (Å²) in [6.07, 6.45) is 0. The van der Waals surface area contributed by atoms with E-state index < -0.39 is 0 Å². The molecule has 0 saturated carbocycles. The van der Waals surface area contributed by atoms with Gasteiger partial charge in [-0.25, -0.2) is 0 Å². The minimum absolute atomic E-state index is 0.596. The summed E-state index contributed by atoms with van der Waals surface area (Å²) in [5.74, 6) is 0.850. The number of hydrogen-bond donors (Lipinski definition) is 1. The molecule has 0 radical (unpaired) electrons. The maximum atomic E-state index is 5.54. The number of aryl methyl sites for hydroxylation is 1. The fraction of sp³-hybridized carbons (Fsp3) is 0.600. The summed E-state index contributed by atoms with van der Waals surface area (Å²) in [5.41, 5.74) is 6.45. The number of methoxy groups -OCH3 is 1. The SMILES string of the molecule is COCCN(CCN)c1ccc(C)nn1. The van der Waals surface area contributed by atoms with Crippen LogP contribution >= 0.6 is 0 Å². The van der Waals surface area contributed by atoms with Gasteiger partial charge in [-0.05, 0) is 19.1 Å². The molecule has 0 fully saturated rings. The van der Waals surface area contributed by atoms with Crippen molar-refractivity contribution in [2.24, 2.45) is 5.73 Å². The van der Waals surface area contributed by atoms with Crippen LogP contribution in [0.1, 0.15) is 5.69 Å². The fourth-order valence-corrected chi connectivity index (χ4v) is 1.26. The van der Waals surface area contributed by atoms with E-state index in [1.54, 1.807) is 7.11 Å². The van der Waals surface area contributed by atoms with Gasteiger partial charge in [0.25, 0.3) is 0 Å². The second kappa shape index (κ2) is 6.31. The smallest absolute Gasteiger partial charge is 0.151 e. The Bertz CT molecular complexity index is 275. The first-order valence-electron chi connectivity index (χ1n) is 5.02. The molecule has 1 aromatic rings. The van der Waals surface area contributed by atoms with Crippen LogP contribution in [0.15, 0.2) is 12.1 Å². The third-order valence-corrected chi connectivity index (χ3v) is 2.07. The lowest BCUT2D eigenvalue weighted by molar-refractivity contribution is 0.205. The molecular formula is C10H18N4O. The van der Waals surface area contributed by atoms with Crippen molar-refractivity contribution >= 4 is 5.82 Å². The minimum Gasteiger partial charge on any atom is -0.383 e. The van der Waals surface area contributed by atoms with Crippen molar-refractivity contribution in [2.75, 3.05) is 38.3 Å². The summed E-state index contributed by atoms with van der Waals surface area (Å²) in [4.78, 5) is 2.07. The normalized spacial score (nSPS) is 10.3. The highest BCUT2D eigenvalue weighted by atomic mass is 16.5. The van der Waals surface area contributed by atoms with E-state index in [1.165, 1.54) is 0 Å². The molecule has 0 amide bonds. The van der Waals surface area contributed by atoms with Gasteiger partial charge in [-0.1, -0.05) is 0 Å². The number of rotatable bonds is 6. The molecule has 0 aliphatic carbocycles. The Hall–Kier alpha value is -1.20. The maximum Gasteiger partial charge on any atom is 0.151 e. The van der Waals surface area contributed by atoms with Crippen LogP contribution in [0, 0.1) is 6.92 Å². The summed E-state index contributed by atoms with van der Waals surface area (Å²) in [6, 6.07) is 3.90. The second-order valence-corrected chi connectivity index (χ2v) is 3.30. The molecule has 15 heavy (non-hydrogen) atoms. The number of anilines is 1. The van der Waals surface area contributed by atoms with Gasteiger partial charge in [0.15, 0.2) is 5.82 Å². The van der Waals surface area contributed by atoms with Crippen molar-refractivity contribution in [3.05, 3.63) is 17.8 Å². The zero-order valence-corrected chi connectivity index (χ0v) is 9.31. The lowest BCUT2D eigenvalue weighted by Gasteiger charge is -2.21. The largest absolute Gasteiger partial charge is 0.383 e. The fourth-order valence-electron chi connectivity index (χ4n) is 1.26. The highest BCUT2D eigenvalue weighted by Gasteiger charge is 2.06. The highest BCUT2D eigenvalue weighted by molar-refractivity contribution is 5.37. The molecule has 0 aliphatic rings. The highest BCUT2D eigenvalue weighted by Crippen LogP contribution is 2.08. The average molecular weight is 210 g/mol. The van der Waals surface area contributed by atoms with Crippen molar-refractivity contribution in [2.45, 2.75) is 6.92 Å². The number of hydrogen-bond acceptors (Lipinski definition) is 5. The molecule has 0 saturated heterocycles. The lowest BCUT2D eigenvalue weighted by Crippen LogP contribution is -2.33. The van der Waals surface area contributed by atoms with E-state index in [-0.39, 0.29) is 0 Å². The van der Waals surface area contributed by atoms with Crippen LogP contribution in [-0.2, 0) is 4.74 Å². The van der Waals surface area contributed by atoms with E-state index in [9.17, 15) is 0 Å². The van der Waals surface area contributed by atoms with Gasteiger partial charge in [-0.15, -0.1) is 5.10 Å². The van der Waals surface area contributed by atoms with Gasteiger partial charge in [0.2, 0.25) is 0 Å². The molecule has 0 spiro atoms. The molecule has 2 N–H and O–H groups in total. The van der Waals surface area contributed by atoms with Crippen LogP contribution in [0.2, 0.25) is 0 Å². The van der Waals surface area contributed by atoms with Crippen LogP contribution in [0.4, 0.5) is 5.82 Å². The van der Waals surface area contributed by atoms with Gasteiger partial charge >= 0.3 is 0 Å². The van der Waals surface area contributed by atoms with Crippen molar-refractivity contribution in [1.82, 2.24) is 10.2 Å². The molecule has 5 heteroatoms. The van der Waals surface area contributed by atoms with Gasteiger partial charge in [0, 0.05) is 26.7 Å². The second-order valence-electron chi connectivity index (χ2n) is 3.30. The van der Waals surface area contributed by atoms with Gasteiger partial charge in [0.1, 0.15) is 0 Å². The van der Waals surface area contributed by atoms with E-state index in [2.05, 4.69) is 15.1 Å². The molecular weight excluding hydrogens is 192 g/mol. The van der Waals surface area contributed by atoms with E-state index in [0.29, 0.717) is 13.2 Å². The number of nitrogens with two attached hydrogens (primary N) is 1. The van der Waals surface area contributed by atoms with E-state index >= 15 is 0 Å². The number of aromatic nitrogens is 2. The molecule has 5 nitrogen and oxygen atoms in total. The molecule has 1 heterocycles. The lowest BCUT2D eigenvalue weighted by atomic mass is 10.4. The van der Waals surface area contributed by atoms with Gasteiger partial charge in [-0.3, -0.25) is 0 Å². The summed E-state index contributed by atoms with van der Waals surface area (Å²) in [5, 5.41) is 8.13. The zero-order valence-electron chi connectivity index (χ0n) is 9.31. The number of nitrogens with zero attached hydrogens (tertiary/aromatic N) is 3. The van der Waals surface area contributed by atoms with E-state index in [4.69, 9.17) is 10.5 Å². The molecule has 0 aliphatic heterocycles. The standard InChI is InChI=1S/C10H18N4O/c1-9-3-4-10(13-12-9)14(6-5-11)7-8-15-2/h3-4H,5-8,11H2,1-2H3. The van der Waals surface area contributed by atoms with Crippen molar-refractivity contribution in [3.63, 3.8) is 0 Å². The first kappa shape index (κ1) is 11.9. The zero-order chi connectivity index (χ0) is 11.1. The summed E-state index contributed by atoms with van der Waals surface area (Å²) < 4.78 is 5.03. The Labute approximate surface area is 90.2 Å². The predicted octanol–water partition coefficient (Wildman–Crippen LogP) is 0.197. The van der Waals surface area contributed by atoms with Gasteiger partial charge in [-0.2, -0.15) is 5.10 Å². The number of ether oxygens (including phenoxy) is 1. The Morgan fingerprint density at radius 2 is 2.13 bits per heavy atom. The van der Waals surface area contributed by atoms with Crippen LogP contribution < -0.4 is 10.6 Å². The molecule has 1 aromatic heterocycles. The van der Waals surface area contributed by atoms with Gasteiger partial charge < -0.3 is 15.4 Å². The third-order valence-electron chi connectivity index (χ3n) is 2.07. The molecule has 0 unspecified atom stereocenters. The first-order chi connectivity index (χ1) is 7.27. The van der Waals surface area contributed by atoms with Crippen LogP contribution in [0.25, 0.3) is 0 Å². The quantitative estimate of drug-likeness (QED) is 0.726. The Balaban J connectivity index is 2.65. The monoisotopic (exact) mass is 210 g/mol. The maximum absolute atomic E-state index is 5.54. The Morgan fingerprint density at radius 1 is 1.33 bits per heavy atom. The van der Waals surface area contributed by atoms with Crippen molar-refractivity contribution in [3.8, 4) is 0 Å². The average Bonchev–Trinajstić information content (AvgIpc) is 2.25. The van der Waals surface area contributed by atoms with Crippen LogP contribution in [-0.4, -0.2) is 43.5 Å². The van der Waals surface area contributed by atoms with Gasteiger partial charge in [0.05, 0.1) is 12.3 Å². The summed E-state index contributed by atoms with van der Waals surface area (Å²) in [7, 11) is 1.68. The van der Waals surface area contributed by atoms with Crippen molar-refractivity contribution in [1.29, 1.82) is 0 Å². The van der Waals surface area contributed by atoms with Crippen molar-refractivity contribution < 1.29 is 4.74 Å². The predicted molar refractivity (Wildman–Crippen MR) is 59.9 cm³/mol. The molecule has 1 rings (SSSR count). The first-order valence-corrected chi connectivity index (χ1v) is 5.02. The molecule has 0 aromatic carbocycles. The Morgan fingerprint density at radius 3 is 2.67 bits per heavy atom. The summed E-state index contributed by atoms with van der Waals surface area (Å²) >= 11 is 0. The minimum atomic E-state index is 0.596. The molecule has 0 atom stereocenters. The van der Waals surface area contributed by atoms with E-state index in [0.717, 1.165) is 24.6 Å². The molecule has 0 bridgehead atoms. The third kappa shape index (κ3) is 3.81. The molecule has 84 valence electrons. The summed E-state index contributed by atoms with van der Waals surface area (Å²) in [6.45, 7) is 4.72. The van der Waals surface area contributed by atoms with Crippen LogP contribution in [0.5, 0.6) is 0 Å². The topological polar surface area (TPSA) is 64.3 Å². The van der Waals surface area contributed by atoms with Crippen LogP contribution in [0.3, 0.4) is 0 Å². The Kier molecular flexibility index (Phi) is 5.00.